The van der Waals surface area contributed by atoms with E-state index in [2.05, 4.69) is 20.7 Å². The van der Waals surface area contributed by atoms with Gasteiger partial charge in [-0.25, -0.2) is 0 Å². The van der Waals surface area contributed by atoms with Crippen molar-refractivity contribution in [2.45, 2.75) is 25.3 Å². The van der Waals surface area contributed by atoms with Crippen molar-refractivity contribution in [3.8, 4) is 0 Å². The normalized spacial score (nSPS) is 12.8. The van der Waals surface area contributed by atoms with Gasteiger partial charge < -0.3 is 15.5 Å². The van der Waals surface area contributed by atoms with Crippen LogP contribution in [0.15, 0.2) is 0 Å². The zero-order chi connectivity index (χ0) is 18.3. The molecule has 10 heteroatoms. The first-order valence-electron chi connectivity index (χ1n) is 7.95. The summed E-state index contributed by atoms with van der Waals surface area (Å²) in [4.78, 5) is 27.5. The Kier molecular flexibility index (Phi) is 7.23. The maximum absolute atomic E-state index is 12.7. The van der Waals surface area contributed by atoms with Crippen LogP contribution in [0.2, 0.25) is 0 Å². The average molecular weight is 341 g/mol. The van der Waals surface area contributed by atoms with E-state index in [0.717, 1.165) is 12.8 Å². The molecule has 0 aliphatic heterocycles. The smallest absolute Gasteiger partial charge is 0.275 e. The summed E-state index contributed by atoms with van der Waals surface area (Å²) in [6.07, 6.45) is 2.06. The maximum atomic E-state index is 12.7. The van der Waals surface area contributed by atoms with Gasteiger partial charge in [-0.15, -0.1) is 5.10 Å². The first-order valence-corrected chi connectivity index (χ1v) is 7.95. The van der Waals surface area contributed by atoms with Gasteiger partial charge in [0.1, 0.15) is 6.04 Å². The number of tetrazole rings is 1. The number of nitrogens with two attached hydrogens (primary N) is 1. The largest absolute Gasteiger partial charge is 0.339 e. The Morgan fingerprint density at radius 1 is 1.33 bits per heavy atom. The molecule has 0 unspecified atom stereocenters. The van der Waals surface area contributed by atoms with Crippen LogP contribution in [0.3, 0.4) is 0 Å². The fourth-order valence-corrected chi connectivity index (χ4v) is 2.16. The lowest BCUT2D eigenvalue weighted by Gasteiger charge is -2.26. The molecular formula is C14H29N8O2+. The summed E-state index contributed by atoms with van der Waals surface area (Å²) in [5.41, 5.74) is 5.51. The van der Waals surface area contributed by atoms with Crippen LogP contribution in [-0.4, -0.2) is 83.8 Å². The van der Waals surface area contributed by atoms with E-state index in [-0.39, 0.29) is 24.3 Å². The minimum Gasteiger partial charge on any atom is -0.339 e. The van der Waals surface area contributed by atoms with Crippen molar-refractivity contribution in [3.63, 3.8) is 0 Å². The molecule has 136 valence electrons. The molecule has 0 aliphatic rings. The second-order valence-corrected chi connectivity index (χ2v) is 6.83. The molecule has 1 aromatic heterocycles. The lowest BCUT2D eigenvalue weighted by atomic mass is 10.1. The highest BCUT2D eigenvalue weighted by atomic mass is 16.2. The monoisotopic (exact) mass is 341 g/mol. The van der Waals surface area contributed by atoms with Crippen molar-refractivity contribution in [1.29, 1.82) is 0 Å². The van der Waals surface area contributed by atoms with Crippen LogP contribution in [0.1, 0.15) is 19.3 Å². The molecule has 0 spiro atoms. The molecule has 0 fully saturated rings. The summed E-state index contributed by atoms with van der Waals surface area (Å²) < 4.78 is 0.483. The highest BCUT2D eigenvalue weighted by Crippen LogP contribution is 2.09. The maximum Gasteiger partial charge on any atom is 0.275 e. The Balaban J connectivity index is 2.79. The zero-order valence-electron chi connectivity index (χ0n) is 15.2. The lowest BCUT2D eigenvalue weighted by molar-refractivity contribution is -0.862. The van der Waals surface area contributed by atoms with Gasteiger partial charge in [0, 0.05) is 7.05 Å². The number of nitrogens with one attached hydrogen (secondary N) is 1. The zero-order valence-corrected chi connectivity index (χ0v) is 15.2. The van der Waals surface area contributed by atoms with Crippen molar-refractivity contribution in [1.82, 2.24) is 25.5 Å². The van der Waals surface area contributed by atoms with Crippen molar-refractivity contribution < 1.29 is 14.1 Å². The highest BCUT2D eigenvalue weighted by Gasteiger charge is 2.28. The molecule has 0 aromatic carbocycles. The molecule has 1 rings (SSSR count). The summed E-state index contributed by atoms with van der Waals surface area (Å²) in [7, 11) is 8.94. The van der Waals surface area contributed by atoms with E-state index in [9.17, 15) is 9.59 Å². The highest BCUT2D eigenvalue weighted by molar-refractivity contribution is 5.97. The van der Waals surface area contributed by atoms with Gasteiger partial charge >= 0.3 is 0 Å². The summed E-state index contributed by atoms with van der Waals surface area (Å²) in [6, 6.07) is -0.635. The molecule has 24 heavy (non-hydrogen) atoms. The molecule has 0 bridgehead atoms. The van der Waals surface area contributed by atoms with Gasteiger partial charge in [-0.2, -0.15) is 4.80 Å². The molecule has 0 radical (unpaired) electrons. The van der Waals surface area contributed by atoms with Crippen LogP contribution in [0.4, 0.5) is 5.95 Å². The molecule has 10 nitrogen and oxygen atoms in total. The number of nitrogens with zero attached hydrogens (tertiary/aromatic N) is 6. The fraction of sp³-hybridized carbons (Fsp3) is 0.786. The van der Waals surface area contributed by atoms with Crippen LogP contribution in [0.5, 0.6) is 0 Å². The van der Waals surface area contributed by atoms with Crippen LogP contribution >= 0.6 is 0 Å². The van der Waals surface area contributed by atoms with E-state index in [4.69, 9.17) is 5.73 Å². The van der Waals surface area contributed by atoms with Crippen LogP contribution in [0, 0.1) is 0 Å². The molecule has 0 saturated heterocycles. The first kappa shape index (κ1) is 20.0. The minimum absolute atomic E-state index is 0.172. The summed E-state index contributed by atoms with van der Waals surface area (Å²) in [5.74, 6) is -0.240. The van der Waals surface area contributed by atoms with Crippen LogP contribution < -0.4 is 16.0 Å². The Hall–Kier alpha value is -2.07. The third kappa shape index (κ3) is 6.59. The number of unbranched alkanes of at least 4 members (excludes halogenated alkanes) is 1. The number of amides is 2. The van der Waals surface area contributed by atoms with Crippen LogP contribution in [-0.2, 0) is 16.6 Å². The van der Waals surface area contributed by atoms with E-state index in [0.29, 0.717) is 17.4 Å². The van der Waals surface area contributed by atoms with Crippen molar-refractivity contribution in [3.05, 3.63) is 0 Å². The number of aryl methyl sites for hydroxylation is 1. The van der Waals surface area contributed by atoms with Gasteiger partial charge in [0.15, 0.2) is 6.54 Å². The van der Waals surface area contributed by atoms with Gasteiger partial charge in [0.2, 0.25) is 0 Å². The Labute approximate surface area is 142 Å². The number of carbonyl (C=O) groups is 2. The van der Waals surface area contributed by atoms with E-state index in [1.165, 1.54) is 9.70 Å². The van der Waals surface area contributed by atoms with E-state index >= 15 is 0 Å². The minimum atomic E-state index is -0.635. The topological polar surface area (TPSA) is 119 Å². The fourth-order valence-electron chi connectivity index (χ4n) is 2.16. The Morgan fingerprint density at radius 2 is 2.00 bits per heavy atom. The first-order chi connectivity index (χ1) is 11.1. The number of aromatic nitrogens is 4. The SMILES string of the molecule is CN(C(=O)[C@H](CCCCN)NC(=O)C[N+](C)(C)C)c1nnn(C)n1. The van der Waals surface area contributed by atoms with Gasteiger partial charge in [-0.3, -0.25) is 14.5 Å². The number of carbonyl (C=O) groups excluding carboxylic acids is 2. The van der Waals surface area contributed by atoms with Crippen LogP contribution in [0.25, 0.3) is 0 Å². The van der Waals surface area contributed by atoms with Crippen molar-refractivity contribution in [2.75, 3.05) is 46.2 Å². The Morgan fingerprint density at radius 3 is 2.50 bits per heavy atom. The quantitative estimate of drug-likeness (QED) is 0.416. The predicted octanol–water partition coefficient (Wildman–Crippen LogP) is -1.51. The summed E-state index contributed by atoms with van der Waals surface area (Å²) in [6.45, 7) is 0.836. The van der Waals surface area contributed by atoms with Gasteiger partial charge in [0.05, 0.1) is 28.2 Å². The van der Waals surface area contributed by atoms with E-state index in [1.54, 1.807) is 14.1 Å². The van der Waals surface area contributed by atoms with Crippen molar-refractivity contribution in [2.24, 2.45) is 12.8 Å². The third-order valence-corrected chi connectivity index (χ3v) is 3.33. The molecule has 1 aromatic rings. The molecule has 1 atom stereocenters. The van der Waals surface area contributed by atoms with E-state index in [1.807, 2.05) is 21.1 Å². The molecule has 0 aliphatic carbocycles. The number of rotatable bonds is 9. The number of anilines is 1. The lowest BCUT2D eigenvalue weighted by Crippen LogP contribution is -2.52. The Bertz CT molecular complexity index is 551. The van der Waals surface area contributed by atoms with E-state index < -0.39 is 6.04 Å². The van der Waals surface area contributed by atoms with Gasteiger partial charge in [-0.05, 0) is 31.0 Å². The second-order valence-electron chi connectivity index (χ2n) is 6.83. The molecule has 1 heterocycles. The van der Waals surface area contributed by atoms with Gasteiger partial charge in [-0.1, -0.05) is 5.10 Å². The number of hydrogen-bond donors (Lipinski definition) is 2. The molecule has 0 saturated carbocycles. The third-order valence-electron chi connectivity index (χ3n) is 3.33. The number of likely N-dealkylation sites (N-methyl/N-ethyl adjacent to an activating group) is 2. The van der Waals surface area contributed by atoms with Gasteiger partial charge in [0.25, 0.3) is 17.8 Å². The summed E-state index contributed by atoms with van der Waals surface area (Å²) >= 11 is 0. The molecule has 2 amide bonds. The number of hydrogen-bond acceptors (Lipinski definition) is 6. The second kappa shape index (κ2) is 8.69. The number of quaternary nitrogens is 1. The molecular weight excluding hydrogens is 312 g/mol. The predicted molar refractivity (Wildman–Crippen MR) is 89.9 cm³/mol. The summed E-state index contributed by atoms with van der Waals surface area (Å²) in [5, 5.41) is 14.4. The molecule has 3 N–H and O–H groups in total. The van der Waals surface area contributed by atoms with Crippen molar-refractivity contribution >= 4 is 17.8 Å². The standard InChI is InChI=1S/C14H28N8O2/c1-20(14-17-19-21(2)18-14)13(24)11(8-6-7-9-15)16-12(23)10-22(3,4)5/h11H,6-10,15H2,1-5H3/p+1/t11-/m0/s1. The average Bonchev–Trinajstić information content (AvgIpc) is 2.89.